The van der Waals surface area contributed by atoms with E-state index in [0.29, 0.717) is 17.8 Å². The smallest absolute Gasteiger partial charge is 0.276 e. The fourth-order valence-corrected chi connectivity index (χ4v) is 3.82. The topological polar surface area (TPSA) is 53.5 Å². The van der Waals surface area contributed by atoms with E-state index in [-0.39, 0.29) is 11.8 Å². The highest BCUT2D eigenvalue weighted by Gasteiger charge is 2.27. The largest absolute Gasteiger partial charge is 0.339 e. The summed E-state index contributed by atoms with van der Waals surface area (Å²) >= 11 is 0. The van der Waals surface area contributed by atoms with Crippen LogP contribution in [0.25, 0.3) is 0 Å². The van der Waals surface area contributed by atoms with Crippen molar-refractivity contribution in [2.75, 3.05) is 24.5 Å². The normalized spacial score (nSPS) is 16.9. The van der Waals surface area contributed by atoms with Crippen molar-refractivity contribution in [2.45, 2.75) is 32.1 Å². The average Bonchev–Trinajstić information content (AvgIpc) is 2.93. The zero-order valence-corrected chi connectivity index (χ0v) is 14.9. The molecule has 0 spiro atoms. The molecular weight excluding hydrogens is 326 g/mol. The zero-order valence-electron chi connectivity index (χ0n) is 14.9. The highest BCUT2D eigenvalue weighted by atomic mass is 16.2. The van der Waals surface area contributed by atoms with Crippen LogP contribution in [0.3, 0.4) is 0 Å². The van der Waals surface area contributed by atoms with Gasteiger partial charge in [0, 0.05) is 37.1 Å². The first-order chi connectivity index (χ1) is 12.7. The van der Waals surface area contributed by atoms with Crippen LogP contribution in [-0.4, -0.2) is 41.3 Å². The van der Waals surface area contributed by atoms with Gasteiger partial charge in [0.25, 0.3) is 11.8 Å². The second-order valence-corrected chi connectivity index (χ2v) is 6.97. The van der Waals surface area contributed by atoms with Crippen LogP contribution in [-0.2, 0) is 6.42 Å². The summed E-state index contributed by atoms with van der Waals surface area (Å²) in [5.74, 6) is -0.134. The maximum atomic E-state index is 13.0. The standard InChI is InChI=1S/C21H23N3O2/c25-20(23-12-5-1-2-6-13-23)17-9-11-22-18(15-17)21(26)24-14-10-16-7-3-4-8-19(16)24/h3-4,7-9,11,15H,1-2,5-6,10,12-14H2. The summed E-state index contributed by atoms with van der Waals surface area (Å²) in [6.07, 6.45) is 6.88. The van der Waals surface area contributed by atoms with Crippen LogP contribution < -0.4 is 4.90 Å². The molecule has 0 N–H and O–H groups in total. The molecule has 134 valence electrons. The number of amides is 2. The molecule has 1 saturated heterocycles. The predicted octanol–water partition coefficient (Wildman–Crippen LogP) is 3.30. The number of hydrogen-bond acceptors (Lipinski definition) is 3. The number of fused-ring (bicyclic) bond motifs is 1. The number of nitrogens with zero attached hydrogens (tertiary/aromatic N) is 3. The fourth-order valence-electron chi connectivity index (χ4n) is 3.82. The van der Waals surface area contributed by atoms with Gasteiger partial charge >= 0.3 is 0 Å². The lowest BCUT2D eigenvalue weighted by Crippen LogP contribution is -2.33. The molecule has 0 radical (unpaired) electrons. The quantitative estimate of drug-likeness (QED) is 0.836. The average molecular weight is 349 g/mol. The highest BCUT2D eigenvalue weighted by molar-refractivity contribution is 6.07. The Hall–Kier alpha value is -2.69. The van der Waals surface area contributed by atoms with Crippen molar-refractivity contribution in [3.05, 3.63) is 59.4 Å². The van der Waals surface area contributed by atoms with Gasteiger partial charge < -0.3 is 9.80 Å². The van der Waals surface area contributed by atoms with E-state index in [1.54, 1.807) is 23.2 Å². The summed E-state index contributed by atoms with van der Waals surface area (Å²) in [6, 6.07) is 11.3. The summed E-state index contributed by atoms with van der Waals surface area (Å²) < 4.78 is 0. The van der Waals surface area contributed by atoms with Crippen LogP contribution in [0, 0.1) is 0 Å². The van der Waals surface area contributed by atoms with Crippen molar-refractivity contribution in [3.63, 3.8) is 0 Å². The number of para-hydroxylation sites is 1. The molecule has 1 aromatic heterocycles. The second kappa shape index (κ2) is 7.28. The van der Waals surface area contributed by atoms with E-state index in [9.17, 15) is 9.59 Å². The SMILES string of the molecule is O=C(c1ccnc(C(=O)N2CCc3ccccc32)c1)N1CCCCCC1. The highest BCUT2D eigenvalue weighted by Crippen LogP contribution is 2.28. The molecule has 1 aromatic carbocycles. The molecule has 2 aliphatic heterocycles. The van der Waals surface area contributed by atoms with Crippen LogP contribution >= 0.6 is 0 Å². The lowest BCUT2D eigenvalue weighted by molar-refractivity contribution is 0.0761. The van der Waals surface area contributed by atoms with Crippen molar-refractivity contribution in [2.24, 2.45) is 0 Å². The predicted molar refractivity (Wildman–Crippen MR) is 100 cm³/mol. The first-order valence-corrected chi connectivity index (χ1v) is 9.39. The van der Waals surface area contributed by atoms with E-state index in [1.165, 1.54) is 18.4 Å². The monoisotopic (exact) mass is 349 g/mol. The van der Waals surface area contributed by atoms with Gasteiger partial charge in [-0.3, -0.25) is 14.6 Å². The minimum absolute atomic E-state index is 0.00479. The van der Waals surface area contributed by atoms with Gasteiger partial charge in [-0.1, -0.05) is 31.0 Å². The number of benzene rings is 1. The number of carbonyl (C=O) groups excluding carboxylic acids is 2. The third kappa shape index (κ3) is 3.21. The third-order valence-corrected chi connectivity index (χ3v) is 5.25. The number of likely N-dealkylation sites (tertiary alicyclic amines) is 1. The third-order valence-electron chi connectivity index (χ3n) is 5.25. The molecule has 2 aromatic rings. The number of pyridine rings is 1. The van der Waals surface area contributed by atoms with Gasteiger partial charge in [0.2, 0.25) is 0 Å². The number of aromatic nitrogens is 1. The van der Waals surface area contributed by atoms with E-state index in [0.717, 1.165) is 38.0 Å². The van der Waals surface area contributed by atoms with Gasteiger partial charge in [0.1, 0.15) is 5.69 Å². The van der Waals surface area contributed by atoms with E-state index >= 15 is 0 Å². The molecule has 3 heterocycles. The molecule has 26 heavy (non-hydrogen) atoms. The Kier molecular flexibility index (Phi) is 4.69. The molecule has 0 atom stereocenters. The minimum atomic E-state index is -0.138. The van der Waals surface area contributed by atoms with Crippen molar-refractivity contribution < 1.29 is 9.59 Å². The molecular formula is C21H23N3O2. The molecule has 0 unspecified atom stereocenters. The lowest BCUT2D eigenvalue weighted by atomic mass is 10.1. The lowest BCUT2D eigenvalue weighted by Gasteiger charge is -2.21. The number of anilines is 1. The second-order valence-electron chi connectivity index (χ2n) is 6.97. The molecule has 2 amide bonds. The Morgan fingerprint density at radius 2 is 1.65 bits per heavy atom. The maximum Gasteiger partial charge on any atom is 0.276 e. The minimum Gasteiger partial charge on any atom is -0.339 e. The fraction of sp³-hybridized carbons (Fsp3) is 0.381. The van der Waals surface area contributed by atoms with Crippen molar-refractivity contribution >= 4 is 17.5 Å². The molecule has 0 bridgehead atoms. The summed E-state index contributed by atoms with van der Waals surface area (Å²) in [5.41, 5.74) is 3.02. The van der Waals surface area contributed by atoms with Crippen molar-refractivity contribution in [1.29, 1.82) is 0 Å². The van der Waals surface area contributed by atoms with Gasteiger partial charge in [0.05, 0.1) is 0 Å². The van der Waals surface area contributed by atoms with E-state index in [4.69, 9.17) is 0 Å². The zero-order chi connectivity index (χ0) is 17.9. The van der Waals surface area contributed by atoms with Crippen molar-refractivity contribution in [3.8, 4) is 0 Å². The number of hydrogen-bond donors (Lipinski definition) is 0. The van der Waals surface area contributed by atoms with Crippen LogP contribution in [0.1, 0.15) is 52.1 Å². The van der Waals surface area contributed by atoms with E-state index in [1.807, 2.05) is 23.1 Å². The van der Waals surface area contributed by atoms with Crippen LogP contribution in [0.2, 0.25) is 0 Å². The first-order valence-electron chi connectivity index (χ1n) is 9.39. The van der Waals surface area contributed by atoms with Gasteiger partial charge in [0.15, 0.2) is 0 Å². The van der Waals surface area contributed by atoms with Gasteiger partial charge in [-0.15, -0.1) is 0 Å². The van der Waals surface area contributed by atoms with E-state index in [2.05, 4.69) is 11.1 Å². The van der Waals surface area contributed by atoms with Crippen LogP contribution in [0.4, 0.5) is 5.69 Å². The van der Waals surface area contributed by atoms with E-state index < -0.39 is 0 Å². The first kappa shape index (κ1) is 16.8. The maximum absolute atomic E-state index is 13.0. The Morgan fingerprint density at radius 3 is 2.46 bits per heavy atom. The molecule has 0 aliphatic carbocycles. The summed E-state index contributed by atoms with van der Waals surface area (Å²) in [6.45, 7) is 2.25. The molecule has 4 rings (SSSR count). The molecule has 0 saturated carbocycles. The molecule has 5 nitrogen and oxygen atoms in total. The summed E-state index contributed by atoms with van der Waals surface area (Å²) in [7, 11) is 0. The number of carbonyl (C=O) groups is 2. The molecule has 1 fully saturated rings. The number of rotatable bonds is 2. The van der Waals surface area contributed by atoms with Crippen molar-refractivity contribution in [1.82, 2.24) is 9.88 Å². The Labute approximate surface area is 153 Å². The Morgan fingerprint density at radius 1 is 0.885 bits per heavy atom. The van der Waals surface area contributed by atoms with Crippen LogP contribution in [0.15, 0.2) is 42.6 Å². The summed E-state index contributed by atoms with van der Waals surface area (Å²) in [4.78, 5) is 33.7. The Bertz CT molecular complexity index is 826. The molecule has 2 aliphatic rings. The Balaban J connectivity index is 1.56. The van der Waals surface area contributed by atoms with Gasteiger partial charge in [-0.25, -0.2) is 0 Å². The van der Waals surface area contributed by atoms with Gasteiger partial charge in [-0.05, 0) is 43.0 Å². The van der Waals surface area contributed by atoms with Gasteiger partial charge in [-0.2, -0.15) is 0 Å². The summed E-state index contributed by atoms with van der Waals surface area (Å²) in [5, 5.41) is 0. The molecule has 5 heteroatoms. The van der Waals surface area contributed by atoms with Crippen LogP contribution in [0.5, 0.6) is 0 Å².